The highest BCUT2D eigenvalue weighted by molar-refractivity contribution is 5.85. The molecule has 0 unspecified atom stereocenters. The van der Waals surface area contributed by atoms with Gasteiger partial charge in [-0.25, -0.2) is 4.79 Å². The standard InChI is InChI=1S/C12H9F3N2O2/c13-12(14,15)10-6-9(11(18)19)16-17(10)7-8-4-2-1-3-5-8/h1-6H,7H2,(H,18,19). The quantitative estimate of drug-likeness (QED) is 0.932. The molecule has 19 heavy (non-hydrogen) atoms. The molecule has 0 atom stereocenters. The van der Waals surface area contributed by atoms with E-state index in [2.05, 4.69) is 5.10 Å². The van der Waals surface area contributed by atoms with Gasteiger partial charge in [-0.2, -0.15) is 18.3 Å². The lowest BCUT2D eigenvalue weighted by molar-refractivity contribution is -0.144. The molecular weight excluding hydrogens is 261 g/mol. The zero-order chi connectivity index (χ0) is 14.0. The molecule has 0 spiro atoms. The summed E-state index contributed by atoms with van der Waals surface area (Å²) in [5, 5.41) is 12.2. The molecule has 1 heterocycles. The first kappa shape index (κ1) is 13.1. The molecule has 4 nitrogen and oxygen atoms in total. The molecule has 0 saturated carbocycles. The maximum Gasteiger partial charge on any atom is 0.433 e. The molecule has 0 aliphatic carbocycles. The summed E-state index contributed by atoms with van der Waals surface area (Å²) >= 11 is 0. The Labute approximate surface area is 106 Å². The first-order valence-corrected chi connectivity index (χ1v) is 5.30. The van der Waals surface area contributed by atoms with Crippen molar-refractivity contribution in [2.45, 2.75) is 12.7 Å². The Morgan fingerprint density at radius 3 is 2.42 bits per heavy atom. The molecular formula is C12H9F3N2O2. The van der Waals surface area contributed by atoms with Crippen molar-refractivity contribution in [1.82, 2.24) is 9.78 Å². The monoisotopic (exact) mass is 270 g/mol. The average Bonchev–Trinajstić information content (AvgIpc) is 2.74. The van der Waals surface area contributed by atoms with E-state index in [0.29, 0.717) is 16.3 Å². The molecule has 1 aromatic heterocycles. The van der Waals surface area contributed by atoms with Gasteiger partial charge in [0.25, 0.3) is 0 Å². The van der Waals surface area contributed by atoms with Crippen LogP contribution in [0.25, 0.3) is 0 Å². The fourth-order valence-corrected chi connectivity index (χ4v) is 1.63. The highest BCUT2D eigenvalue weighted by atomic mass is 19.4. The summed E-state index contributed by atoms with van der Waals surface area (Å²) in [6.07, 6.45) is -4.64. The second-order valence-corrected chi connectivity index (χ2v) is 3.86. The number of benzene rings is 1. The lowest BCUT2D eigenvalue weighted by Gasteiger charge is -2.09. The summed E-state index contributed by atoms with van der Waals surface area (Å²) in [5.74, 6) is -1.49. The predicted octanol–water partition coefficient (Wildman–Crippen LogP) is 2.65. The Morgan fingerprint density at radius 2 is 1.89 bits per heavy atom. The fourth-order valence-electron chi connectivity index (χ4n) is 1.63. The van der Waals surface area contributed by atoms with Crippen LogP contribution in [0.1, 0.15) is 21.7 Å². The number of alkyl halides is 3. The molecule has 2 rings (SSSR count). The van der Waals surface area contributed by atoms with Crippen molar-refractivity contribution in [2.24, 2.45) is 0 Å². The number of carboxylic acid groups (broad SMARTS) is 1. The minimum atomic E-state index is -4.64. The summed E-state index contributed by atoms with van der Waals surface area (Å²) < 4.78 is 39.0. The first-order valence-electron chi connectivity index (χ1n) is 5.30. The number of rotatable bonds is 3. The minimum absolute atomic E-state index is 0.136. The average molecular weight is 270 g/mol. The van der Waals surface area contributed by atoms with E-state index in [-0.39, 0.29) is 6.54 Å². The van der Waals surface area contributed by atoms with Crippen molar-refractivity contribution in [3.05, 3.63) is 53.3 Å². The maximum absolute atomic E-state index is 12.8. The van der Waals surface area contributed by atoms with Crippen molar-refractivity contribution in [2.75, 3.05) is 0 Å². The van der Waals surface area contributed by atoms with Gasteiger partial charge in [0.05, 0.1) is 6.54 Å². The van der Waals surface area contributed by atoms with Gasteiger partial charge in [0.15, 0.2) is 5.69 Å². The topological polar surface area (TPSA) is 55.1 Å². The van der Waals surface area contributed by atoms with Gasteiger partial charge in [0, 0.05) is 6.07 Å². The second kappa shape index (κ2) is 4.75. The molecule has 1 aromatic carbocycles. The highest BCUT2D eigenvalue weighted by Crippen LogP contribution is 2.30. The van der Waals surface area contributed by atoms with Crippen molar-refractivity contribution < 1.29 is 23.1 Å². The van der Waals surface area contributed by atoms with Gasteiger partial charge in [0.1, 0.15) is 5.69 Å². The van der Waals surface area contributed by atoms with Crippen LogP contribution in [0.3, 0.4) is 0 Å². The number of nitrogens with zero attached hydrogens (tertiary/aromatic N) is 2. The number of halogens is 3. The van der Waals surface area contributed by atoms with E-state index < -0.39 is 23.5 Å². The van der Waals surface area contributed by atoms with Crippen molar-refractivity contribution in [3.8, 4) is 0 Å². The number of carboxylic acids is 1. The van der Waals surface area contributed by atoms with E-state index in [1.54, 1.807) is 30.3 Å². The third-order valence-corrected chi connectivity index (χ3v) is 2.46. The Bertz CT molecular complexity index is 591. The van der Waals surface area contributed by atoms with Crippen molar-refractivity contribution in [3.63, 3.8) is 0 Å². The van der Waals surface area contributed by atoms with Crippen LogP contribution in [0.15, 0.2) is 36.4 Å². The molecule has 0 amide bonds. The molecule has 0 radical (unpaired) electrons. The molecule has 100 valence electrons. The normalized spacial score (nSPS) is 11.5. The summed E-state index contributed by atoms with van der Waals surface area (Å²) in [5.41, 5.74) is -1.09. The predicted molar refractivity (Wildman–Crippen MR) is 59.7 cm³/mol. The van der Waals surface area contributed by atoms with Crippen LogP contribution >= 0.6 is 0 Å². The summed E-state index contributed by atoms with van der Waals surface area (Å²) in [6.45, 7) is -0.136. The third kappa shape index (κ3) is 2.93. The van der Waals surface area contributed by atoms with E-state index in [1.807, 2.05) is 0 Å². The largest absolute Gasteiger partial charge is 0.476 e. The second-order valence-electron chi connectivity index (χ2n) is 3.86. The highest BCUT2D eigenvalue weighted by Gasteiger charge is 2.36. The molecule has 2 aromatic rings. The molecule has 0 aliphatic heterocycles. The number of hydrogen-bond donors (Lipinski definition) is 1. The maximum atomic E-state index is 12.8. The zero-order valence-corrected chi connectivity index (χ0v) is 9.55. The van der Waals surface area contributed by atoms with Crippen LogP contribution in [-0.2, 0) is 12.7 Å². The van der Waals surface area contributed by atoms with E-state index >= 15 is 0 Å². The van der Waals surface area contributed by atoms with E-state index in [9.17, 15) is 18.0 Å². The first-order chi connectivity index (χ1) is 8.88. The van der Waals surface area contributed by atoms with Crippen LogP contribution in [0, 0.1) is 0 Å². The lowest BCUT2D eigenvalue weighted by Crippen LogP contribution is -2.15. The van der Waals surface area contributed by atoms with Gasteiger partial charge in [-0.15, -0.1) is 0 Å². The zero-order valence-electron chi connectivity index (χ0n) is 9.55. The summed E-state index contributed by atoms with van der Waals surface area (Å²) in [4.78, 5) is 10.7. The number of carbonyl (C=O) groups is 1. The molecule has 0 saturated heterocycles. The van der Waals surface area contributed by atoms with Crippen LogP contribution in [0.5, 0.6) is 0 Å². The molecule has 0 bridgehead atoms. The van der Waals surface area contributed by atoms with Gasteiger partial charge in [0.2, 0.25) is 0 Å². The Balaban J connectivity index is 2.41. The Kier molecular flexibility index (Phi) is 3.28. The van der Waals surface area contributed by atoms with Crippen LogP contribution in [-0.4, -0.2) is 20.9 Å². The summed E-state index contributed by atoms with van der Waals surface area (Å²) in [7, 11) is 0. The van der Waals surface area contributed by atoms with E-state index in [0.717, 1.165) is 0 Å². The smallest absolute Gasteiger partial charge is 0.433 e. The van der Waals surface area contributed by atoms with Gasteiger partial charge < -0.3 is 5.11 Å². The van der Waals surface area contributed by atoms with Crippen LogP contribution in [0.2, 0.25) is 0 Å². The van der Waals surface area contributed by atoms with Gasteiger partial charge in [-0.3, -0.25) is 4.68 Å². The van der Waals surface area contributed by atoms with Crippen LogP contribution < -0.4 is 0 Å². The Hall–Kier alpha value is -2.31. The fraction of sp³-hybridized carbons (Fsp3) is 0.167. The van der Waals surface area contributed by atoms with Gasteiger partial charge in [-0.05, 0) is 5.56 Å². The summed E-state index contributed by atoms with van der Waals surface area (Å²) in [6, 6.07) is 8.92. The number of aromatic carboxylic acids is 1. The van der Waals surface area contributed by atoms with Crippen LogP contribution in [0.4, 0.5) is 13.2 Å². The van der Waals surface area contributed by atoms with E-state index in [1.165, 1.54) is 0 Å². The van der Waals surface area contributed by atoms with E-state index in [4.69, 9.17) is 5.11 Å². The number of hydrogen-bond acceptors (Lipinski definition) is 2. The SMILES string of the molecule is O=C(O)c1cc(C(F)(F)F)n(Cc2ccccc2)n1. The van der Waals surface area contributed by atoms with Gasteiger partial charge >= 0.3 is 12.1 Å². The lowest BCUT2D eigenvalue weighted by atomic mass is 10.2. The molecule has 0 aliphatic rings. The minimum Gasteiger partial charge on any atom is -0.476 e. The third-order valence-electron chi connectivity index (χ3n) is 2.46. The molecule has 7 heteroatoms. The number of aromatic nitrogens is 2. The van der Waals surface area contributed by atoms with Gasteiger partial charge in [-0.1, -0.05) is 30.3 Å². The van der Waals surface area contributed by atoms with Crippen molar-refractivity contribution in [1.29, 1.82) is 0 Å². The molecule has 0 fully saturated rings. The Morgan fingerprint density at radius 1 is 1.26 bits per heavy atom. The van der Waals surface area contributed by atoms with Crippen molar-refractivity contribution >= 4 is 5.97 Å². The molecule has 1 N–H and O–H groups in total.